The molecule has 7 heteroatoms. The molecule has 5 nitrogen and oxygen atoms in total. The normalized spacial score (nSPS) is 24.4. The maximum absolute atomic E-state index is 13.6. The summed E-state index contributed by atoms with van der Waals surface area (Å²) < 4.78 is 6.58. The first kappa shape index (κ1) is 28.6. The predicted molar refractivity (Wildman–Crippen MR) is 156 cm³/mol. The Kier molecular flexibility index (Phi) is 9.02. The second-order valence-electron chi connectivity index (χ2n) is 11.7. The Morgan fingerprint density at radius 2 is 1.64 bits per heavy atom. The Hall–Kier alpha value is -1.92. The van der Waals surface area contributed by atoms with Gasteiger partial charge in [-0.1, -0.05) is 78.9 Å². The maximum atomic E-state index is 13.6. The number of carbonyl (C=O) groups is 2. The van der Waals surface area contributed by atoms with Gasteiger partial charge in [0.2, 0.25) is 5.91 Å². The van der Waals surface area contributed by atoms with Gasteiger partial charge in [-0.3, -0.25) is 9.59 Å². The van der Waals surface area contributed by atoms with E-state index in [9.17, 15) is 9.59 Å². The fourth-order valence-electron chi connectivity index (χ4n) is 6.93. The molecule has 0 N–H and O–H groups in total. The number of ketones is 1. The summed E-state index contributed by atoms with van der Waals surface area (Å²) in [7, 11) is 0. The number of nitrogens with zero attached hydrogens (tertiary/aromatic N) is 2. The highest BCUT2D eigenvalue weighted by atomic mass is 35.5. The molecule has 210 valence electrons. The minimum atomic E-state index is -0.647. The van der Waals surface area contributed by atoms with Gasteiger partial charge in [0.15, 0.2) is 0 Å². The Morgan fingerprint density at radius 1 is 0.923 bits per heavy atom. The molecule has 5 rings (SSSR count). The van der Waals surface area contributed by atoms with Gasteiger partial charge in [-0.15, -0.1) is 0 Å². The number of piperidine rings is 1. The molecule has 1 aliphatic carbocycles. The molecule has 1 unspecified atom stereocenters. The predicted octanol–water partition coefficient (Wildman–Crippen LogP) is 6.64. The molecule has 0 aromatic heterocycles. The van der Waals surface area contributed by atoms with Crippen LogP contribution in [0.5, 0.6) is 0 Å². The summed E-state index contributed by atoms with van der Waals surface area (Å²) in [6, 6.07) is 16.0. The van der Waals surface area contributed by atoms with Gasteiger partial charge in [-0.25, -0.2) is 0 Å². The molecule has 2 aromatic rings. The molecule has 1 atom stereocenters. The molecular weight excluding hydrogens is 531 g/mol. The summed E-state index contributed by atoms with van der Waals surface area (Å²) in [5, 5.41) is 1.01. The van der Waals surface area contributed by atoms with Crippen molar-refractivity contribution < 1.29 is 14.3 Å². The Morgan fingerprint density at radius 3 is 2.31 bits per heavy atom. The van der Waals surface area contributed by atoms with Gasteiger partial charge < -0.3 is 14.5 Å². The van der Waals surface area contributed by atoms with Crippen LogP contribution < -0.4 is 0 Å². The van der Waals surface area contributed by atoms with Crippen LogP contribution in [-0.2, 0) is 25.3 Å². The summed E-state index contributed by atoms with van der Waals surface area (Å²) in [5.41, 5.74) is 1.03. The van der Waals surface area contributed by atoms with Crippen molar-refractivity contribution in [3.63, 3.8) is 0 Å². The number of likely N-dealkylation sites (tertiary alicyclic amines) is 1. The van der Waals surface area contributed by atoms with Crippen LogP contribution in [0.1, 0.15) is 69.4 Å². The fourth-order valence-corrected chi connectivity index (χ4v) is 7.23. The van der Waals surface area contributed by atoms with Gasteiger partial charge in [-0.05, 0) is 75.4 Å². The third-order valence-corrected chi connectivity index (χ3v) is 10.2. The second-order valence-corrected chi connectivity index (χ2v) is 12.5. The van der Waals surface area contributed by atoms with Crippen LogP contribution in [0, 0.1) is 5.92 Å². The molecule has 3 fully saturated rings. The number of hydrogen-bond acceptors (Lipinski definition) is 4. The monoisotopic (exact) mass is 570 g/mol. The molecule has 0 spiro atoms. The van der Waals surface area contributed by atoms with Crippen molar-refractivity contribution in [2.45, 2.75) is 69.3 Å². The Bertz CT molecular complexity index is 1160. The van der Waals surface area contributed by atoms with Crippen LogP contribution in [0.4, 0.5) is 0 Å². The standard InChI is InChI=1S/C32H40Cl2N2O3/c1-24(37)31(26-10-6-3-7-11-26)14-17-35(18-15-31)19-16-32(27-12-13-28(33)29(34)22-27)23-36(20-21-39-32)30(38)25-8-4-2-5-9-25/h3,6-7,10-13,22,25H,2,4-5,8-9,14-21,23H2,1H3. The van der Waals surface area contributed by atoms with E-state index in [1.165, 1.54) is 6.42 Å². The number of hydrogen-bond donors (Lipinski definition) is 0. The third-order valence-electron chi connectivity index (χ3n) is 9.44. The Labute approximate surface area is 242 Å². The minimum absolute atomic E-state index is 0.128. The molecule has 2 heterocycles. The highest BCUT2D eigenvalue weighted by molar-refractivity contribution is 6.42. The van der Waals surface area contributed by atoms with Crippen molar-refractivity contribution >= 4 is 34.9 Å². The van der Waals surface area contributed by atoms with E-state index in [2.05, 4.69) is 17.0 Å². The van der Waals surface area contributed by atoms with Gasteiger partial charge in [0.1, 0.15) is 11.4 Å². The number of Topliss-reactive ketones (excluding diaryl/α,β-unsaturated/α-hetero) is 1. The van der Waals surface area contributed by atoms with Crippen LogP contribution >= 0.6 is 23.2 Å². The van der Waals surface area contributed by atoms with Crippen molar-refractivity contribution in [3.05, 3.63) is 69.7 Å². The number of ether oxygens (including phenoxy) is 1. The van der Waals surface area contributed by atoms with Crippen molar-refractivity contribution in [2.24, 2.45) is 5.92 Å². The molecule has 39 heavy (non-hydrogen) atoms. The van der Waals surface area contributed by atoms with E-state index in [1.807, 2.05) is 41.3 Å². The average Bonchev–Trinajstić information content (AvgIpc) is 2.98. The number of rotatable bonds is 7. The molecule has 1 amide bonds. The molecule has 0 bridgehead atoms. The zero-order valence-electron chi connectivity index (χ0n) is 23.0. The first-order chi connectivity index (χ1) is 18.8. The summed E-state index contributed by atoms with van der Waals surface area (Å²) in [6.45, 7) is 5.88. The van der Waals surface area contributed by atoms with Crippen molar-refractivity contribution in [3.8, 4) is 0 Å². The van der Waals surface area contributed by atoms with Crippen LogP contribution in [0.25, 0.3) is 0 Å². The first-order valence-electron chi connectivity index (χ1n) is 14.5. The lowest BCUT2D eigenvalue weighted by atomic mass is 9.70. The van der Waals surface area contributed by atoms with Gasteiger partial charge in [-0.2, -0.15) is 0 Å². The quantitative estimate of drug-likeness (QED) is 0.374. The highest BCUT2D eigenvalue weighted by Gasteiger charge is 2.44. The van der Waals surface area contributed by atoms with Gasteiger partial charge in [0.05, 0.1) is 28.6 Å². The topological polar surface area (TPSA) is 49.9 Å². The van der Waals surface area contributed by atoms with E-state index in [0.29, 0.717) is 29.7 Å². The van der Waals surface area contributed by atoms with Crippen LogP contribution in [0.2, 0.25) is 10.0 Å². The number of carbonyl (C=O) groups excluding carboxylic acids is 2. The molecular formula is C32H40Cl2N2O3. The molecule has 2 aliphatic heterocycles. The lowest BCUT2D eigenvalue weighted by Crippen LogP contribution is -2.55. The molecule has 1 saturated carbocycles. The lowest BCUT2D eigenvalue weighted by molar-refractivity contribution is -0.159. The van der Waals surface area contributed by atoms with E-state index in [-0.39, 0.29) is 17.6 Å². The van der Waals surface area contributed by atoms with Crippen LogP contribution in [0.15, 0.2) is 48.5 Å². The van der Waals surface area contributed by atoms with E-state index in [1.54, 1.807) is 6.92 Å². The summed E-state index contributed by atoms with van der Waals surface area (Å²) >= 11 is 12.7. The van der Waals surface area contributed by atoms with Crippen LogP contribution in [0.3, 0.4) is 0 Å². The maximum Gasteiger partial charge on any atom is 0.225 e. The van der Waals surface area contributed by atoms with Crippen molar-refractivity contribution in [1.82, 2.24) is 9.80 Å². The van der Waals surface area contributed by atoms with Gasteiger partial charge in [0.25, 0.3) is 0 Å². The zero-order valence-corrected chi connectivity index (χ0v) is 24.5. The number of amides is 1. The van der Waals surface area contributed by atoms with Crippen molar-refractivity contribution in [2.75, 3.05) is 39.3 Å². The molecule has 2 saturated heterocycles. The SMILES string of the molecule is CC(=O)C1(c2ccccc2)CCN(CCC2(c3ccc(Cl)c(Cl)c3)CN(C(=O)C3CCCCC3)CCO2)CC1. The largest absolute Gasteiger partial charge is 0.367 e. The minimum Gasteiger partial charge on any atom is -0.367 e. The highest BCUT2D eigenvalue weighted by Crippen LogP contribution is 2.40. The Balaban J connectivity index is 1.33. The van der Waals surface area contributed by atoms with E-state index in [4.69, 9.17) is 27.9 Å². The second kappa shape index (κ2) is 12.3. The van der Waals surface area contributed by atoms with E-state index in [0.717, 1.165) is 75.7 Å². The molecule has 2 aromatic carbocycles. The van der Waals surface area contributed by atoms with E-state index < -0.39 is 11.0 Å². The summed E-state index contributed by atoms with van der Waals surface area (Å²) in [5.74, 6) is 0.644. The molecule has 0 radical (unpaired) electrons. The van der Waals surface area contributed by atoms with Gasteiger partial charge >= 0.3 is 0 Å². The summed E-state index contributed by atoms with van der Waals surface area (Å²) in [4.78, 5) is 30.9. The smallest absolute Gasteiger partial charge is 0.225 e. The first-order valence-corrected chi connectivity index (χ1v) is 15.3. The van der Waals surface area contributed by atoms with Crippen molar-refractivity contribution in [1.29, 1.82) is 0 Å². The average molecular weight is 572 g/mol. The number of morpholine rings is 1. The zero-order chi connectivity index (χ0) is 27.5. The third kappa shape index (κ3) is 6.07. The fraction of sp³-hybridized carbons (Fsp3) is 0.562. The molecule has 3 aliphatic rings. The number of benzene rings is 2. The van der Waals surface area contributed by atoms with E-state index >= 15 is 0 Å². The number of halogens is 2. The lowest BCUT2D eigenvalue weighted by Gasteiger charge is -2.46. The van der Waals surface area contributed by atoms with Crippen LogP contribution in [-0.4, -0.2) is 60.8 Å². The summed E-state index contributed by atoms with van der Waals surface area (Å²) in [6.07, 6.45) is 7.82. The van der Waals surface area contributed by atoms with Gasteiger partial charge in [0, 0.05) is 19.0 Å².